The molecular formula is C19H16ClN7O2S. The Hall–Kier alpha value is -3.24. The summed E-state index contributed by atoms with van der Waals surface area (Å²) in [5.74, 6) is 1.64. The van der Waals surface area contributed by atoms with Gasteiger partial charge in [0.1, 0.15) is 16.9 Å². The van der Waals surface area contributed by atoms with Crippen molar-refractivity contribution in [2.45, 2.75) is 13.5 Å². The molecule has 30 heavy (non-hydrogen) atoms. The van der Waals surface area contributed by atoms with E-state index in [1.165, 1.54) is 11.3 Å². The first-order valence-electron chi connectivity index (χ1n) is 9.04. The van der Waals surface area contributed by atoms with E-state index < -0.39 is 0 Å². The Morgan fingerprint density at radius 1 is 1.33 bits per heavy atom. The fourth-order valence-corrected chi connectivity index (χ4v) is 4.53. The Kier molecular flexibility index (Phi) is 4.33. The number of hydrogen-bond donors (Lipinski definition) is 0. The van der Waals surface area contributed by atoms with Crippen LogP contribution in [0, 0.1) is 6.92 Å². The number of aromatic nitrogens is 6. The summed E-state index contributed by atoms with van der Waals surface area (Å²) in [5.41, 5.74) is 1.49. The first-order chi connectivity index (χ1) is 14.4. The molecule has 0 fully saturated rings. The number of thiophene rings is 1. The van der Waals surface area contributed by atoms with Crippen LogP contribution in [0.3, 0.4) is 0 Å². The van der Waals surface area contributed by atoms with Gasteiger partial charge in [-0.3, -0.25) is 9.48 Å². The third-order valence-electron chi connectivity index (χ3n) is 4.67. The number of aryl methyl sites for hydroxylation is 1. The fourth-order valence-electron chi connectivity index (χ4n) is 3.21. The van der Waals surface area contributed by atoms with Crippen molar-refractivity contribution < 1.29 is 9.21 Å². The maximum absolute atomic E-state index is 12.5. The minimum atomic E-state index is -0.0530. The minimum absolute atomic E-state index is 0.0530. The largest absolute Gasteiger partial charge is 0.456 e. The molecule has 0 aliphatic carbocycles. The Labute approximate surface area is 179 Å². The van der Waals surface area contributed by atoms with Gasteiger partial charge in [0, 0.05) is 20.3 Å². The molecule has 0 aliphatic heterocycles. The van der Waals surface area contributed by atoms with E-state index in [9.17, 15) is 4.79 Å². The fraction of sp³-hybridized carbons (Fsp3) is 0.211. The van der Waals surface area contributed by atoms with Gasteiger partial charge in [0.2, 0.25) is 5.82 Å². The van der Waals surface area contributed by atoms with E-state index in [1.54, 1.807) is 46.9 Å². The molecule has 0 spiro atoms. The van der Waals surface area contributed by atoms with Gasteiger partial charge in [-0.2, -0.15) is 5.10 Å². The SMILES string of the molecule is Cc1c(C(=O)N(C)C)sc2ncn3nc(-c4ccc(Cn5cc(Cl)cn5)o4)nc3c12. The normalized spacial score (nSPS) is 11.6. The predicted molar refractivity (Wildman–Crippen MR) is 113 cm³/mol. The highest BCUT2D eigenvalue weighted by Gasteiger charge is 2.22. The Bertz CT molecular complexity index is 1410. The summed E-state index contributed by atoms with van der Waals surface area (Å²) >= 11 is 7.27. The lowest BCUT2D eigenvalue weighted by Gasteiger charge is -2.08. The zero-order valence-electron chi connectivity index (χ0n) is 16.3. The standard InChI is InChI=1S/C19H16ClN7O2S/c1-10-14-17-23-16(13-5-4-12(29-13)8-26-7-11(20)6-22-26)24-27(17)9-21-18(14)30-15(10)19(28)25(2)3/h4-7,9H,8H2,1-3H3. The van der Waals surface area contributed by atoms with Crippen molar-refractivity contribution in [3.05, 3.63) is 52.1 Å². The second-order valence-electron chi connectivity index (χ2n) is 7.01. The van der Waals surface area contributed by atoms with Gasteiger partial charge in [-0.1, -0.05) is 11.6 Å². The Morgan fingerprint density at radius 3 is 2.90 bits per heavy atom. The third-order valence-corrected chi connectivity index (χ3v) is 6.05. The molecule has 11 heteroatoms. The number of carbonyl (C=O) groups excluding carboxylic acids is 1. The van der Waals surface area contributed by atoms with E-state index in [-0.39, 0.29) is 5.91 Å². The van der Waals surface area contributed by atoms with Crippen LogP contribution >= 0.6 is 22.9 Å². The zero-order valence-corrected chi connectivity index (χ0v) is 17.9. The van der Waals surface area contributed by atoms with Gasteiger partial charge < -0.3 is 9.32 Å². The molecule has 0 saturated heterocycles. The highest BCUT2D eigenvalue weighted by Crippen LogP contribution is 2.33. The molecule has 152 valence electrons. The molecule has 5 aromatic rings. The maximum Gasteiger partial charge on any atom is 0.263 e. The average Bonchev–Trinajstić information content (AvgIpc) is 3.47. The summed E-state index contributed by atoms with van der Waals surface area (Å²) in [6, 6.07) is 3.68. The third kappa shape index (κ3) is 3.04. The van der Waals surface area contributed by atoms with Crippen molar-refractivity contribution in [2.24, 2.45) is 0 Å². The van der Waals surface area contributed by atoms with E-state index in [2.05, 4.69) is 20.2 Å². The Morgan fingerprint density at radius 2 is 2.17 bits per heavy atom. The number of nitrogens with zero attached hydrogens (tertiary/aromatic N) is 7. The van der Waals surface area contributed by atoms with Gasteiger partial charge in [0.15, 0.2) is 11.4 Å². The van der Waals surface area contributed by atoms with Crippen LogP contribution in [-0.4, -0.2) is 54.3 Å². The molecule has 0 unspecified atom stereocenters. The van der Waals surface area contributed by atoms with E-state index in [0.29, 0.717) is 39.4 Å². The summed E-state index contributed by atoms with van der Waals surface area (Å²) in [4.78, 5) is 24.6. The number of fused-ring (bicyclic) bond motifs is 3. The van der Waals surface area contributed by atoms with Crippen LogP contribution in [0.2, 0.25) is 5.02 Å². The number of carbonyl (C=O) groups is 1. The molecule has 0 aromatic carbocycles. The first kappa shape index (κ1) is 18.8. The molecule has 5 rings (SSSR count). The summed E-state index contributed by atoms with van der Waals surface area (Å²) in [5, 5.41) is 10.0. The lowest BCUT2D eigenvalue weighted by molar-refractivity contribution is 0.0831. The first-order valence-corrected chi connectivity index (χ1v) is 10.2. The van der Waals surface area contributed by atoms with Gasteiger partial charge in [0.25, 0.3) is 5.91 Å². The molecule has 5 heterocycles. The van der Waals surface area contributed by atoms with E-state index in [0.717, 1.165) is 15.8 Å². The number of rotatable bonds is 4. The van der Waals surface area contributed by atoms with Crippen LogP contribution in [0.25, 0.3) is 27.4 Å². The molecule has 9 nitrogen and oxygen atoms in total. The summed E-state index contributed by atoms with van der Waals surface area (Å²) in [7, 11) is 3.46. The minimum Gasteiger partial charge on any atom is -0.456 e. The van der Waals surface area contributed by atoms with Crippen molar-refractivity contribution >= 4 is 44.7 Å². The smallest absolute Gasteiger partial charge is 0.263 e. The van der Waals surface area contributed by atoms with Crippen LogP contribution in [0.5, 0.6) is 0 Å². The van der Waals surface area contributed by atoms with Crippen molar-refractivity contribution in [3.8, 4) is 11.6 Å². The van der Waals surface area contributed by atoms with Crippen molar-refractivity contribution in [1.82, 2.24) is 34.3 Å². The second kappa shape index (κ2) is 6.92. The monoisotopic (exact) mass is 441 g/mol. The van der Waals surface area contributed by atoms with Gasteiger partial charge in [-0.25, -0.2) is 14.5 Å². The van der Waals surface area contributed by atoms with Crippen LogP contribution in [0.4, 0.5) is 0 Å². The molecule has 0 bridgehead atoms. The van der Waals surface area contributed by atoms with Gasteiger partial charge >= 0.3 is 0 Å². The second-order valence-corrected chi connectivity index (χ2v) is 8.44. The van der Waals surface area contributed by atoms with Gasteiger partial charge in [0.05, 0.1) is 28.0 Å². The van der Waals surface area contributed by atoms with Crippen LogP contribution < -0.4 is 0 Å². The average molecular weight is 442 g/mol. The molecule has 0 radical (unpaired) electrons. The number of furan rings is 1. The number of hydrogen-bond acceptors (Lipinski definition) is 7. The molecule has 5 aromatic heterocycles. The van der Waals surface area contributed by atoms with E-state index in [1.807, 2.05) is 19.1 Å². The van der Waals surface area contributed by atoms with Crippen LogP contribution in [0.1, 0.15) is 21.0 Å². The molecule has 0 saturated carbocycles. The Balaban J connectivity index is 1.55. The number of halogens is 1. The molecular weight excluding hydrogens is 426 g/mol. The summed E-state index contributed by atoms with van der Waals surface area (Å²) in [6.45, 7) is 2.36. The van der Waals surface area contributed by atoms with Crippen LogP contribution in [-0.2, 0) is 6.54 Å². The summed E-state index contributed by atoms with van der Waals surface area (Å²) in [6.07, 6.45) is 4.90. The van der Waals surface area contributed by atoms with Crippen molar-refractivity contribution in [1.29, 1.82) is 0 Å². The lowest BCUT2D eigenvalue weighted by atomic mass is 10.2. The summed E-state index contributed by atoms with van der Waals surface area (Å²) < 4.78 is 9.20. The van der Waals surface area contributed by atoms with Gasteiger partial charge in [-0.15, -0.1) is 16.4 Å². The highest BCUT2D eigenvalue weighted by molar-refractivity contribution is 7.20. The van der Waals surface area contributed by atoms with Gasteiger partial charge in [-0.05, 0) is 24.6 Å². The van der Waals surface area contributed by atoms with Crippen molar-refractivity contribution in [3.63, 3.8) is 0 Å². The molecule has 0 N–H and O–H groups in total. The zero-order chi connectivity index (χ0) is 21.0. The lowest BCUT2D eigenvalue weighted by Crippen LogP contribution is -2.21. The van der Waals surface area contributed by atoms with Crippen molar-refractivity contribution in [2.75, 3.05) is 14.1 Å². The van der Waals surface area contributed by atoms with E-state index in [4.69, 9.17) is 16.0 Å². The van der Waals surface area contributed by atoms with Crippen LogP contribution in [0.15, 0.2) is 35.3 Å². The number of amides is 1. The maximum atomic E-state index is 12.5. The highest BCUT2D eigenvalue weighted by atomic mass is 35.5. The predicted octanol–water partition coefficient (Wildman–Crippen LogP) is 3.51. The molecule has 0 aliphatic rings. The molecule has 0 atom stereocenters. The quantitative estimate of drug-likeness (QED) is 0.423. The van der Waals surface area contributed by atoms with E-state index >= 15 is 0 Å². The molecule has 1 amide bonds. The topological polar surface area (TPSA) is 94.3 Å².